The first kappa shape index (κ1) is 10.0. The van der Waals surface area contributed by atoms with Crippen LogP contribution in [-0.2, 0) is 11.8 Å². The molecule has 1 aromatic rings. The molecule has 0 spiro atoms. The lowest BCUT2D eigenvalue weighted by molar-refractivity contribution is -0.140. The summed E-state index contributed by atoms with van der Waals surface area (Å²) in [5.74, 6) is -0.627. The number of carboxylic acids is 1. The van der Waals surface area contributed by atoms with Crippen LogP contribution >= 0.6 is 11.8 Å². The van der Waals surface area contributed by atoms with Gasteiger partial charge in [-0.1, -0.05) is 18.7 Å². The molecule has 0 saturated heterocycles. The molecule has 5 nitrogen and oxygen atoms in total. The van der Waals surface area contributed by atoms with E-state index in [0.29, 0.717) is 5.75 Å². The Morgan fingerprint density at radius 3 is 3.00 bits per heavy atom. The number of aryl methyl sites for hydroxylation is 1. The molecular formula is C7H11N3O2S. The molecule has 0 aliphatic heterocycles. The molecule has 72 valence electrons. The minimum atomic E-state index is -0.783. The average molecular weight is 201 g/mol. The van der Waals surface area contributed by atoms with Crippen LogP contribution in [0.2, 0.25) is 0 Å². The molecule has 0 aliphatic rings. The predicted molar refractivity (Wildman–Crippen MR) is 48.5 cm³/mol. The van der Waals surface area contributed by atoms with Crippen molar-refractivity contribution in [3.05, 3.63) is 6.33 Å². The molecule has 0 radical (unpaired) electrons. The third kappa shape index (κ3) is 2.73. The standard InChI is InChI=1S/C7H11N3O2S/c1-5(6(11)12)3-13-7-8-4-9-10(7)2/h4-5H,3H2,1-2H3,(H,11,12). The summed E-state index contributed by atoms with van der Waals surface area (Å²) in [6.07, 6.45) is 1.45. The van der Waals surface area contributed by atoms with Gasteiger partial charge in [0.2, 0.25) is 0 Å². The van der Waals surface area contributed by atoms with Gasteiger partial charge in [-0.2, -0.15) is 5.10 Å². The number of thioether (sulfide) groups is 1. The molecule has 1 heterocycles. The van der Waals surface area contributed by atoms with Crippen LogP contribution in [0.15, 0.2) is 11.5 Å². The van der Waals surface area contributed by atoms with Crippen molar-refractivity contribution in [1.29, 1.82) is 0 Å². The van der Waals surface area contributed by atoms with Crippen molar-refractivity contribution in [3.8, 4) is 0 Å². The van der Waals surface area contributed by atoms with Gasteiger partial charge >= 0.3 is 5.97 Å². The number of hydrogen-bond donors (Lipinski definition) is 1. The summed E-state index contributed by atoms with van der Waals surface area (Å²) in [6.45, 7) is 1.67. The molecule has 0 fully saturated rings. The highest BCUT2D eigenvalue weighted by molar-refractivity contribution is 7.99. The van der Waals surface area contributed by atoms with Crippen molar-refractivity contribution in [2.45, 2.75) is 12.1 Å². The topological polar surface area (TPSA) is 68.0 Å². The smallest absolute Gasteiger partial charge is 0.307 e. The first-order chi connectivity index (χ1) is 6.11. The molecule has 1 aromatic heterocycles. The van der Waals surface area contributed by atoms with Crippen LogP contribution < -0.4 is 0 Å². The summed E-state index contributed by atoms with van der Waals surface area (Å²) in [4.78, 5) is 14.5. The highest BCUT2D eigenvalue weighted by Gasteiger charge is 2.12. The van der Waals surface area contributed by atoms with E-state index in [1.807, 2.05) is 0 Å². The van der Waals surface area contributed by atoms with Gasteiger partial charge in [-0.25, -0.2) is 9.67 Å². The first-order valence-electron chi connectivity index (χ1n) is 3.81. The Balaban J connectivity index is 2.44. The Labute approximate surface area is 80.2 Å². The minimum Gasteiger partial charge on any atom is -0.481 e. The molecular weight excluding hydrogens is 190 g/mol. The van der Waals surface area contributed by atoms with Crippen LogP contribution in [0, 0.1) is 5.92 Å². The number of hydrogen-bond acceptors (Lipinski definition) is 4. The molecule has 1 N–H and O–H groups in total. The van der Waals surface area contributed by atoms with Crippen LogP contribution in [0.4, 0.5) is 0 Å². The highest BCUT2D eigenvalue weighted by Crippen LogP contribution is 2.16. The third-order valence-electron chi connectivity index (χ3n) is 1.55. The summed E-state index contributed by atoms with van der Waals surface area (Å²) in [7, 11) is 1.78. The lowest BCUT2D eigenvalue weighted by atomic mass is 10.2. The molecule has 0 saturated carbocycles. The SMILES string of the molecule is CC(CSc1ncnn1C)C(=O)O. The van der Waals surface area contributed by atoms with Crippen molar-refractivity contribution in [1.82, 2.24) is 14.8 Å². The fourth-order valence-electron chi connectivity index (χ4n) is 0.687. The summed E-state index contributed by atoms with van der Waals surface area (Å²) in [5, 5.41) is 13.2. The number of aromatic nitrogens is 3. The van der Waals surface area contributed by atoms with E-state index in [-0.39, 0.29) is 5.92 Å². The van der Waals surface area contributed by atoms with E-state index in [1.54, 1.807) is 18.7 Å². The zero-order valence-corrected chi connectivity index (χ0v) is 8.28. The zero-order valence-electron chi connectivity index (χ0n) is 7.47. The van der Waals surface area contributed by atoms with Crippen LogP contribution in [0.1, 0.15) is 6.92 Å². The van der Waals surface area contributed by atoms with Crippen LogP contribution in [-0.4, -0.2) is 31.6 Å². The second kappa shape index (κ2) is 4.27. The lowest BCUT2D eigenvalue weighted by Gasteiger charge is -2.03. The Hall–Kier alpha value is -1.04. The van der Waals surface area contributed by atoms with Crippen LogP contribution in [0.25, 0.3) is 0 Å². The monoisotopic (exact) mass is 201 g/mol. The quantitative estimate of drug-likeness (QED) is 0.723. The number of rotatable bonds is 4. The van der Waals surface area contributed by atoms with Gasteiger partial charge in [0.05, 0.1) is 5.92 Å². The average Bonchev–Trinajstić information content (AvgIpc) is 2.47. The number of aliphatic carboxylic acids is 1. The second-order valence-corrected chi connectivity index (χ2v) is 3.70. The highest BCUT2D eigenvalue weighted by atomic mass is 32.2. The Morgan fingerprint density at radius 1 is 1.85 bits per heavy atom. The van der Waals surface area contributed by atoms with Crippen molar-refractivity contribution in [2.24, 2.45) is 13.0 Å². The second-order valence-electron chi connectivity index (χ2n) is 2.72. The summed E-state index contributed by atoms with van der Waals surface area (Å²) in [6, 6.07) is 0. The van der Waals surface area contributed by atoms with E-state index in [9.17, 15) is 4.79 Å². The van der Waals surface area contributed by atoms with E-state index in [0.717, 1.165) is 5.16 Å². The van der Waals surface area contributed by atoms with Crippen molar-refractivity contribution in [3.63, 3.8) is 0 Å². The maximum absolute atomic E-state index is 10.5. The van der Waals surface area contributed by atoms with Crippen LogP contribution in [0.3, 0.4) is 0 Å². The Kier molecular flexibility index (Phi) is 3.30. The van der Waals surface area contributed by atoms with Gasteiger partial charge in [0.1, 0.15) is 6.33 Å². The normalized spacial score (nSPS) is 12.8. The Bertz CT molecular complexity index is 300. The molecule has 0 amide bonds. The van der Waals surface area contributed by atoms with Crippen molar-refractivity contribution >= 4 is 17.7 Å². The molecule has 6 heteroatoms. The fraction of sp³-hybridized carbons (Fsp3) is 0.571. The Morgan fingerprint density at radius 2 is 2.54 bits per heavy atom. The largest absolute Gasteiger partial charge is 0.481 e. The molecule has 1 rings (SSSR count). The number of carbonyl (C=O) groups is 1. The van der Waals surface area contributed by atoms with E-state index in [4.69, 9.17) is 5.11 Å². The molecule has 13 heavy (non-hydrogen) atoms. The van der Waals surface area contributed by atoms with Crippen LogP contribution in [0.5, 0.6) is 0 Å². The van der Waals surface area contributed by atoms with Gasteiger partial charge in [0.15, 0.2) is 5.16 Å². The number of nitrogens with zero attached hydrogens (tertiary/aromatic N) is 3. The van der Waals surface area contributed by atoms with Gasteiger partial charge in [0.25, 0.3) is 0 Å². The predicted octanol–water partition coefficient (Wildman–Crippen LogP) is 0.628. The van der Waals surface area contributed by atoms with E-state index >= 15 is 0 Å². The molecule has 1 atom stereocenters. The molecule has 0 aliphatic carbocycles. The summed E-state index contributed by atoms with van der Waals surface area (Å²) in [5.41, 5.74) is 0. The van der Waals surface area contributed by atoms with Crippen molar-refractivity contribution in [2.75, 3.05) is 5.75 Å². The van der Waals surface area contributed by atoms with Gasteiger partial charge in [-0.15, -0.1) is 0 Å². The third-order valence-corrected chi connectivity index (χ3v) is 2.85. The zero-order chi connectivity index (χ0) is 9.84. The summed E-state index contributed by atoms with van der Waals surface area (Å²) < 4.78 is 1.62. The molecule has 1 unspecified atom stereocenters. The van der Waals surface area contributed by atoms with Gasteiger partial charge in [-0.3, -0.25) is 4.79 Å². The lowest BCUT2D eigenvalue weighted by Crippen LogP contribution is -2.12. The molecule has 0 bridgehead atoms. The molecule has 0 aromatic carbocycles. The van der Waals surface area contributed by atoms with Crippen molar-refractivity contribution < 1.29 is 9.90 Å². The minimum absolute atomic E-state index is 0.360. The van der Waals surface area contributed by atoms with Gasteiger partial charge < -0.3 is 5.11 Å². The maximum Gasteiger partial charge on any atom is 0.307 e. The fourth-order valence-corrected chi connectivity index (χ4v) is 1.58. The first-order valence-corrected chi connectivity index (χ1v) is 4.79. The summed E-state index contributed by atoms with van der Waals surface area (Å²) >= 11 is 1.40. The maximum atomic E-state index is 10.5. The van der Waals surface area contributed by atoms with E-state index < -0.39 is 5.97 Å². The number of carboxylic acid groups (broad SMARTS) is 1. The van der Waals surface area contributed by atoms with E-state index in [1.165, 1.54) is 18.1 Å². The van der Waals surface area contributed by atoms with E-state index in [2.05, 4.69) is 10.1 Å². The van der Waals surface area contributed by atoms with Gasteiger partial charge in [0, 0.05) is 12.8 Å². The van der Waals surface area contributed by atoms with Gasteiger partial charge in [-0.05, 0) is 0 Å².